The topological polar surface area (TPSA) is 106 Å². The molecule has 4 N–H and O–H groups in total. The van der Waals surface area contributed by atoms with E-state index in [1.807, 2.05) is 26.0 Å². The van der Waals surface area contributed by atoms with Gasteiger partial charge in [-0.25, -0.2) is 4.98 Å². The van der Waals surface area contributed by atoms with E-state index >= 15 is 0 Å². The van der Waals surface area contributed by atoms with Gasteiger partial charge in [-0.1, -0.05) is 41.1 Å². The summed E-state index contributed by atoms with van der Waals surface area (Å²) in [6, 6.07) is 17.9. The summed E-state index contributed by atoms with van der Waals surface area (Å²) in [5, 5.41) is 6.70. The van der Waals surface area contributed by atoms with Crippen LogP contribution in [0.3, 0.4) is 0 Å². The van der Waals surface area contributed by atoms with Crippen LogP contribution in [0.15, 0.2) is 60.7 Å². The molecule has 9 heteroatoms. The number of ether oxygens (including phenoxy) is 1. The zero-order valence-corrected chi connectivity index (χ0v) is 21.4. The van der Waals surface area contributed by atoms with Crippen molar-refractivity contribution in [2.75, 3.05) is 10.6 Å². The predicted octanol–water partition coefficient (Wildman–Crippen LogP) is 6.54. The molecule has 1 aliphatic rings. The van der Waals surface area contributed by atoms with Gasteiger partial charge in [-0.3, -0.25) is 9.59 Å². The zero-order chi connectivity index (χ0) is 25.4. The second kappa shape index (κ2) is 9.54. The minimum absolute atomic E-state index is 0.000944. The summed E-state index contributed by atoms with van der Waals surface area (Å²) in [5.41, 5.74) is 8.28. The highest BCUT2D eigenvalue weighted by molar-refractivity contribution is 7.23. The molecule has 0 aliphatic heterocycles. The quantitative estimate of drug-likeness (QED) is 0.256. The molecule has 36 heavy (non-hydrogen) atoms. The van der Waals surface area contributed by atoms with E-state index in [4.69, 9.17) is 22.1 Å². The lowest BCUT2D eigenvalue weighted by Gasteiger charge is -2.19. The number of fused-ring (bicyclic) bond motifs is 1. The molecule has 0 unspecified atom stereocenters. The number of nitrogens with zero attached hydrogens (tertiary/aromatic N) is 1. The molecule has 1 aliphatic carbocycles. The van der Waals surface area contributed by atoms with Gasteiger partial charge in [0.1, 0.15) is 16.5 Å². The lowest BCUT2D eigenvalue weighted by molar-refractivity contribution is -0.117. The summed E-state index contributed by atoms with van der Waals surface area (Å²) >= 11 is 7.94. The van der Waals surface area contributed by atoms with Crippen molar-refractivity contribution in [3.8, 4) is 11.5 Å². The number of benzene rings is 3. The van der Waals surface area contributed by atoms with E-state index in [-0.39, 0.29) is 17.7 Å². The predicted molar refractivity (Wildman–Crippen MR) is 144 cm³/mol. The van der Waals surface area contributed by atoms with Crippen LogP contribution in [0.5, 0.6) is 11.5 Å². The van der Waals surface area contributed by atoms with Gasteiger partial charge in [-0.15, -0.1) is 0 Å². The van der Waals surface area contributed by atoms with Gasteiger partial charge in [0.15, 0.2) is 5.13 Å². The Hall–Kier alpha value is -3.46. The number of nitrogens with one attached hydrogen (secondary N) is 2. The minimum atomic E-state index is -0.550. The molecule has 1 fully saturated rings. The Balaban J connectivity index is 1.32. The highest BCUT2D eigenvalue weighted by atomic mass is 35.5. The molecule has 3 aromatic carbocycles. The van der Waals surface area contributed by atoms with Crippen molar-refractivity contribution in [1.29, 1.82) is 0 Å². The Bertz CT molecular complexity index is 1470. The molecule has 184 valence electrons. The molecule has 0 saturated heterocycles. The van der Waals surface area contributed by atoms with Crippen LogP contribution >= 0.6 is 22.9 Å². The molecular weight excluding hydrogens is 496 g/mol. The first-order valence-electron chi connectivity index (χ1n) is 11.6. The fraction of sp³-hybridized carbons (Fsp3) is 0.222. The van der Waals surface area contributed by atoms with Crippen LogP contribution < -0.4 is 21.1 Å². The Kier molecular flexibility index (Phi) is 6.42. The Morgan fingerprint density at radius 3 is 2.61 bits per heavy atom. The average Bonchev–Trinajstić information content (AvgIpc) is 3.61. The first kappa shape index (κ1) is 24.2. The maximum Gasteiger partial charge on any atom is 0.255 e. The fourth-order valence-electron chi connectivity index (χ4n) is 3.66. The molecule has 0 atom stereocenters. The van der Waals surface area contributed by atoms with Crippen LogP contribution in [-0.4, -0.2) is 16.8 Å². The number of nitrogens with two attached hydrogens (primary N) is 1. The SMILES string of the molecule is CC(C)(N)c1cccc(C(=O)Nc2cccc(Oc3ccc4nc(NC(=O)C5CC5)sc4c3Cl)c2)c1. The Morgan fingerprint density at radius 1 is 1.08 bits per heavy atom. The second-order valence-electron chi connectivity index (χ2n) is 9.39. The molecule has 1 saturated carbocycles. The maximum absolute atomic E-state index is 12.8. The average molecular weight is 521 g/mol. The van der Waals surface area contributed by atoms with E-state index in [1.165, 1.54) is 11.3 Å². The summed E-state index contributed by atoms with van der Waals surface area (Å²) in [6.45, 7) is 3.79. The van der Waals surface area contributed by atoms with Crippen LogP contribution in [0.1, 0.15) is 42.6 Å². The van der Waals surface area contributed by atoms with Crippen molar-refractivity contribution in [3.05, 3.63) is 76.8 Å². The second-order valence-corrected chi connectivity index (χ2v) is 10.8. The van der Waals surface area contributed by atoms with Crippen LogP contribution in [0.2, 0.25) is 5.02 Å². The Morgan fingerprint density at radius 2 is 1.86 bits per heavy atom. The zero-order valence-electron chi connectivity index (χ0n) is 19.8. The lowest BCUT2D eigenvalue weighted by atomic mass is 9.94. The smallest absolute Gasteiger partial charge is 0.255 e. The molecule has 1 heterocycles. The number of carbonyl (C=O) groups excluding carboxylic acids is 2. The van der Waals surface area contributed by atoms with Gasteiger partial charge < -0.3 is 21.1 Å². The molecule has 2 amide bonds. The van der Waals surface area contributed by atoms with Crippen molar-refractivity contribution in [1.82, 2.24) is 4.98 Å². The van der Waals surface area contributed by atoms with Gasteiger partial charge >= 0.3 is 0 Å². The number of anilines is 2. The van der Waals surface area contributed by atoms with Crippen LogP contribution in [0.25, 0.3) is 10.2 Å². The van der Waals surface area contributed by atoms with Crippen molar-refractivity contribution in [2.24, 2.45) is 11.7 Å². The molecule has 0 spiro atoms. The fourth-order valence-corrected chi connectivity index (χ4v) is 4.87. The summed E-state index contributed by atoms with van der Waals surface area (Å²) in [5.74, 6) is 0.810. The van der Waals surface area contributed by atoms with Gasteiger partial charge in [-0.05, 0) is 68.7 Å². The minimum Gasteiger partial charge on any atom is -0.456 e. The standard InChI is InChI=1S/C27H25ClN4O3S/c1-27(2,29)17-6-3-5-16(13-17)25(34)30-18-7-4-8-19(14-18)35-21-12-11-20-23(22(21)28)36-26(31-20)32-24(33)15-9-10-15/h3-8,11-15H,9-10,29H2,1-2H3,(H,30,34)(H,31,32,33). The van der Waals surface area contributed by atoms with Crippen molar-refractivity contribution >= 4 is 55.8 Å². The first-order valence-corrected chi connectivity index (χ1v) is 12.8. The van der Waals surface area contributed by atoms with Crippen molar-refractivity contribution < 1.29 is 14.3 Å². The number of halogens is 1. The molecule has 7 nitrogen and oxygen atoms in total. The maximum atomic E-state index is 12.8. The molecule has 0 radical (unpaired) electrons. The van der Waals surface area contributed by atoms with E-state index in [0.29, 0.717) is 38.4 Å². The van der Waals surface area contributed by atoms with Crippen LogP contribution in [-0.2, 0) is 10.3 Å². The van der Waals surface area contributed by atoms with Crippen molar-refractivity contribution in [2.45, 2.75) is 32.2 Å². The summed E-state index contributed by atoms with van der Waals surface area (Å²) in [4.78, 5) is 29.4. The summed E-state index contributed by atoms with van der Waals surface area (Å²) < 4.78 is 6.77. The number of amides is 2. The lowest BCUT2D eigenvalue weighted by Crippen LogP contribution is -2.29. The van der Waals surface area contributed by atoms with Gasteiger partial charge in [0.2, 0.25) is 5.91 Å². The van der Waals surface area contributed by atoms with Gasteiger partial charge in [0, 0.05) is 28.8 Å². The normalized spacial score (nSPS) is 13.4. The van der Waals surface area contributed by atoms with E-state index < -0.39 is 5.54 Å². The van der Waals surface area contributed by atoms with Crippen LogP contribution in [0, 0.1) is 5.92 Å². The van der Waals surface area contributed by atoms with E-state index in [1.54, 1.807) is 48.5 Å². The Labute approximate surface area is 217 Å². The number of aromatic nitrogens is 1. The molecule has 4 aromatic rings. The number of hydrogen-bond donors (Lipinski definition) is 3. The van der Waals surface area contributed by atoms with E-state index in [0.717, 1.165) is 23.1 Å². The monoisotopic (exact) mass is 520 g/mol. The highest BCUT2D eigenvalue weighted by Gasteiger charge is 2.30. The summed E-state index contributed by atoms with van der Waals surface area (Å²) in [6.07, 6.45) is 1.85. The molecule has 5 rings (SSSR count). The number of carbonyl (C=O) groups is 2. The third kappa shape index (κ3) is 5.36. The largest absolute Gasteiger partial charge is 0.456 e. The highest BCUT2D eigenvalue weighted by Crippen LogP contribution is 2.40. The third-order valence-electron chi connectivity index (χ3n) is 5.83. The van der Waals surface area contributed by atoms with Gasteiger partial charge in [0.05, 0.1) is 10.2 Å². The molecule has 0 bridgehead atoms. The summed E-state index contributed by atoms with van der Waals surface area (Å²) in [7, 11) is 0. The molecular formula is C27H25ClN4O3S. The van der Waals surface area contributed by atoms with Gasteiger partial charge in [0.25, 0.3) is 5.91 Å². The number of rotatable bonds is 7. The molecule has 1 aromatic heterocycles. The first-order chi connectivity index (χ1) is 17.2. The van der Waals surface area contributed by atoms with Gasteiger partial charge in [-0.2, -0.15) is 0 Å². The van der Waals surface area contributed by atoms with Crippen LogP contribution in [0.4, 0.5) is 10.8 Å². The van der Waals surface area contributed by atoms with Crippen molar-refractivity contribution in [3.63, 3.8) is 0 Å². The third-order valence-corrected chi connectivity index (χ3v) is 7.32. The van der Waals surface area contributed by atoms with E-state index in [2.05, 4.69) is 15.6 Å². The van der Waals surface area contributed by atoms with E-state index in [9.17, 15) is 9.59 Å². The number of thiazole rings is 1. The number of hydrogen-bond acceptors (Lipinski definition) is 6.